The summed E-state index contributed by atoms with van der Waals surface area (Å²) >= 11 is 0. The van der Waals surface area contributed by atoms with E-state index in [-0.39, 0.29) is 21.5 Å². The van der Waals surface area contributed by atoms with Gasteiger partial charge in [-0.25, -0.2) is 18.1 Å². The molecule has 1 amide bonds. The number of para-hydroxylation sites is 2. The first-order valence-corrected chi connectivity index (χ1v) is 16.7. The summed E-state index contributed by atoms with van der Waals surface area (Å²) in [5, 5.41) is 7.84. The lowest BCUT2D eigenvalue weighted by Crippen LogP contribution is -2.48. The van der Waals surface area contributed by atoms with E-state index in [4.69, 9.17) is 19.6 Å². The van der Waals surface area contributed by atoms with Crippen molar-refractivity contribution in [3.05, 3.63) is 113 Å². The lowest BCUT2D eigenvalue weighted by Gasteiger charge is -2.40. The Morgan fingerprint density at radius 1 is 0.851 bits per heavy atom. The van der Waals surface area contributed by atoms with Gasteiger partial charge in [0, 0.05) is 5.56 Å². The van der Waals surface area contributed by atoms with Crippen LogP contribution in [0.15, 0.2) is 106 Å². The molecule has 0 radical (unpaired) electrons. The normalized spacial score (nSPS) is 15.4. The summed E-state index contributed by atoms with van der Waals surface area (Å²) in [5.74, 6) is 1.76. The number of amidine groups is 1. The molecule has 0 saturated heterocycles. The van der Waals surface area contributed by atoms with Gasteiger partial charge in [0.1, 0.15) is 0 Å². The van der Waals surface area contributed by atoms with Crippen molar-refractivity contribution in [3.8, 4) is 17.2 Å². The van der Waals surface area contributed by atoms with Crippen LogP contribution in [0.25, 0.3) is 5.69 Å². The van der Waals surface area contributed by atoms with Crippen LogP contribution in [-0.4, -0.2) is 44.2 Å². The van der Waals surface area contributed by atoms with E-state index in [1.165, 1.54) is 0 Å². The van der Waals surface area contributed by atoms with Crippen LogP contribution in [0.2, 0.25) is 0 Å². The number of sulfone groups is 1. The Labute approximate surface area is 273 Å². The van der Waals surface area contributed by atoms with Crippen LogP contribution in [0, 0.1) is 6.92 Å². The van der Waals surface area contributed by atoms with Gasteiger partial charge in [-0.2, -0.15) is 5.10 Å². The second kappa shape index (κ2) is 11.4. The molecular weight excluding hydrogens is 614 g/mol. The smallest absolute Gasteiger partial charge is 0.291 e. The van der Waals surface area contributed by atoms with Crippen molar-refractivity contribution in [3.63, 3.8) is 0 Å². The van der Waals surface area contributed by atoms with Gasteiger partial charge in [0.15, 0.2) is 17.3 Å². The zero-order chi connectivity index (χ0) is 33.0. The van der Waals surface area contributed by atoms with Crippen molar-refractivity contribution in [2.24, 2.45) is 4.99 Å². The first-order chi connectivity index (χ1) is 22.6. The molecule has 5 aromatic rings. The number of hydrogen-bond acceptors (Lipinski definition) is 8. The molecule has 2 aliphatic rings. The first kappa shape index (κ1) is 30.2. The van der Waals surface area contributed by atoms with Crippen molar-refractivity contribution in [1.29, 1.82) is 0 Å². The Morgan fingerprint density at radius 3 is 2.17 bits per heavy atom. The molecule has 238 valence electrons. The van der Waals surface area contributed by atoms with Crippen molar-refractivity contribution >= 4 is 38.8 Å². The third kappa shape index (κ3) is 4.94. The van der Waals surface area contributed by atoms with Gasteiger partial charge < -0.3 is 19.7 Å². The number of fused-ring (bicyclic) bond motifs is 4. The van der Waals surface area contributed by atoms with Gasteiger partial charge in [0.2, 0.25) is 15.7 Å². The molecule has 1 aromatic heterocycles. The average molecular weight is 648 g/mol. The number of rotatable bonds is 7. The molecule has 47 heavy (non-hydrogen) atoms. The van der Waals surface area contributed by atoms with Crippen molar-refractivity contribution in [2.45, 2.75) is 42.5 Å². The number of nitrogens with zero attached hydrogens (tertiary/aromatic N) is 4. The third-order valence-electron chi connectivity index (χ3n) is 8.64. The van der Waals surface area contributed by atoms with Crippen molar-refractivity contribution in [1.82, 2.24) is 9.78 Å². The van der Waals surface area contributed by atoms with Gasteiger partial charge in [-0.05, 0) is 84.6 Å². The SMILES string of the molecule is COc1ccc(C2c3c(C)nn(-c4ccc(S(=O)(=O)c5ccc(C(C)C)cc5)cc4)c3N=C3C(=O)Nc4ccccc4N32)cc1OC. The third-order valence-corrected chi connectivity index (χ3v) is 10.4. The van der Waals surface area contributed by atoms with Gasteiger partial charge in [-0.15, -0.1) is 0 Å². The highest BCUT2D eigenvalue weighted by Gasteiger charge is 2.43. The van der Waals surface area contributed by atoms with Crippen LogP contribution >= 0.6 is 0 Å². The van der Waals surface area contributed by atoms with E-state index in [2.05, 4.69) is 19.2 Å². The van der Waals surface area contributed by atoms with Crippen LogP contribution in [-0.2, 0) is 14.6 Å². The van der Waals surface area contributed by atoms with Crippen LogP contribution in [0.4, 0.5) is 17.2 Å². The van der Waals surface area contributed by atoms with Gasteiger partial charge in [0.25, 0.3) is 5.91 Å². The number of hydrogen-bond donors (Lipinski definition) is 1. The molecule has 1 atom stereocenters. The molecule has 0 fully saturated rings. The number of ether oxygens (including phenoxy) is 2. The number of aliphatic imine (C=N–C) groups is 1. The minimum Gasteiger partial charge on any atom is -0.493 e. The molecule has 0 saturated carbocycles. The van der Waals surface area contributed by atoms with Gasteiger partial charge in [-0.1, -0.05) is 44.2 Å². The van der Waals surface area contributed by atoms with E-state index in [9.17, 15) is 13.2 Å². The lowest BCUT2D eigenvalue weighted by molar-refractivity contribution is -0.110. The number of methoxy groups -OCH3 is 2. The van der Waals surface area contributed by atoms with Crippen molar-refractivity contribution < 1.29 is 22.7 Å². The predicted octanol–water partition coefficient (Wildman–Crippen LogP) is 6.75. The molecule has 1 N–H and O–H groups in total. The van der Waals surface area contributed by atoms with Gasteiger partial charge in [-0.3, -0.25) is 4.79 Å². The number of benzene rings is 4. The first-order valence-electron chi connectivity index (χ1n) is 15.2. The second-order valence-corrected chi connectivity index (χ2v) is 13.7. The Bertz CT molecular complexity index is 2170. The molecular formula is C36H33N5O5S. The average Bonchev–Trinajstić information content (AvgIpc) is 3.42. The van der Waals surface area contributed by atoms with Gasteiger partial charge >= 0.3 is 0 Å². The largest absolute Gasteiger partial charge is 0.493 e. The molecule has 0 aliphatic carbocycles. The fourth-order valence-electron chi connectivity index (χ4n) is 6.19. The highest BCUT2D eigenvalue weighted by molar-refractivity contribution is 7.91. The number of anilines is 2. The molecule has 0 spiro atoms. The van der Waals surface area contributed by atoms with Crippen molar-refractivity contribution in [2.75, 3.05) is 24.4 Å². The number of aromatic nitrogens is 2. The predicted molar refractivity (Wildman–Crippen MR) is 180 cm³/mol. The molecule has 11 heteroatoms. The van der Waals surface area contributed by atoms with E-state index in [1.807, 2.05) is 66.4 Å². The zero-order valence-electron chi connectivity index (χ0n) is 26.6. The number of nitrogens with one attached hydrogen (secondary N) is 1. The second-order valence-electron chi connectivity index (χ2n) is 11.7. The van der Waals surface area contributed by atoms with Crippen LogP contribution in [0.3, 0.4) is 0 Å². The molecule has 2 aliphatic heterocycles. The standard InChI is InChI=1S/C36H33N5O5S/c1-21(2)23-10-15-26(16-11-23)47(43,44)27-17-13-25(14-18-27)41-34-32(22(3)39-41)33(24-12-19-30(45-4)31(20-24)46-5)40-29-9-7-6-8-28(29)37-36(42)35(40)38-34/h6-21,33H,1-5H3,(H,37,42). The summed E-state index contributed by atoms with van der Waals surface area (Å²) in [6, 6.07) is 26.3. The topological polar surface area (TPSA) is 115 Å². The summed E-state index contributed by atoms with van der Waals surface area (Å²) in [7, 11) is -0.576. The highest BCUT2D eigenvalue weighted by Crippen LogP contribution is 2.48. The molecule has 7 rings (SSSR count). The highest BCUT2D eigenvalue weighted by atomic mass is 32.2. The number of carbonyl (C=O) groups is 1. The number of carbonyl (C=O) groups excluding carboxylic acids is 1. The number of amides is 1. The van der Waals surface area contributed by atoms with E-state index in [1.54, 1.807) is 55.3 Å². The van der Waals surface area contributed by atoms with Crippen LogP contribution in [0.5, 0.6) is 11.5 Å². The molecule has 3 heterocycles. The minimum atomic E-state index is -3.74. The fraction of sp³-hybridized carbons (Fsp3) is 0.194. The monoisotopic (exact) mass is 647 g/mol. The molecule has 1 unspecified atom stereocenters. The summed E-state index contributed by atoms with van der Waals surface area (Å²) in [6.07, 6.45) is 0. The summed E-state index contributed by atoms with van der Waals surface area (Å²) in [4.78, 5) is 20.8. The van der Waals surface area contributed by atoms with Gasteiger partial charge in [0.05, 0.1) is 52.8 Å². The molecule has 10 nitrogen and oxygen atoms in total. The van der Waals surface area contributed by atoms with E-state index in [0.29, 0.717) is 40.3 Å². The Balaban J connectivity index is 1.36. The maximum atomic E-state index is 13.6. The minimum absolute atomic E-state index is 0.167. The van der Waals surface area contributed by atoms with E-state index < -0.39 is 15.9 Å². The maximum absolute atomic E-state index is 13.6. The fourth-order valence-corrected chi connectivity index (χ4v) is 7.46. The number of aryl methyl sites for hydroxylation is 1. The maximum Gasteiger partial charge on any atom is 0.291 e. The quantitative estimate of drug-likeness (QED) is 0.208. The summed E-state index contributed by atoms with van der Waals surface area (Å²) in [6.45, 7) is 6.03. The molecule has 4 aromatic carbocycles. The van der Waals surface area contributed by atoms with E-state index >= 15 is 0 Å². The summed E-state index contributed by atoms with van der Waals surface area (Å²) < 4.78 is 39.8. The molecule has 0 bridgehead atoms. The Morgan fingerprint density at radius 2 is 1.51 bits per heavy atom. The van der Waals surface area contributed by atoms with Crippen LogP contribution < -0.4 is 19.7 Å². The van der Waals surface area contributed by atoms with Crippen LogP contribution in [0.1, 0.15) is 48.2 Å². The Hall–Kier alpha value is -5.42. The lowest BCUT2D eigenvalue weighted by atomic mass is 9.93. The van der Waals surface area contributed by atoms with E-state index in [0.717, 1.165) is 22.4 Å². The summed E-state index contributed by atoms with van der Waals surface area (Å²) in [5.41, 5.74) is 5.48. The Kier molecular flexibility index (Phi) is 7.35. The zero-order valence-corrected chi connectivity index (χ0v) is 27.4.